The number of carboxylic acid groups (broad SMARTS) is 1. The highest BCUT2D eigenvalue weighted by Crippen LogP contribution is 2.40. The molecule has 2 rings (SSSR count). The molecule has 0 amide bonds. The first-order valence-corrected chi connectivity index (χ1v) is 6.44. The summed E-state index contributed by atoms with van der Waals surface area (Å²) in [7, 11) is 0. The number of aryl methyl sites for hydroxylation is 1. The molecule has 0 aliphatic rings. The average molecular weight is 272 g/mol. The average Bonchev–Trinajstić information content (AvgIpc) is 2.43. The number of hydrogen-bond donors (Lipinski definition) is 2. The summed E-state index contributed by atoms with van der Waals surface area (Å²) in [6.07, 6.45) is 0.284. The van der Waals surface area contributed by atoms with Crippen molar-refractivity contribution >= 4 is 6.16 Å². The molecular formula is C16H16O4. The Labute approximate surface area is 117 Å². The van der Waals surface area contributed by atoms with E-state index in [1.54, 1.807) is 6.07 Å². The molecule has 0 atom stereocenters. The van der Waals surface area contributed by atoms with Gasteiger partial charge < -0.3 is 14.9 Å². The minimum absolute atomic E-state index is 0.0452. The lowest BCUT2D eigenvalue weighted by atomic mass is 9.95. The first-order valence-electron chi connectivity index (χ1n) is 6.44. The second kappa shape index (κ2) is 6.10. The van der Waals surface area contributed by atoms with Gasteiger partial charge in [-0.15, -0.1) is 0 Å². The highest BCUT2D eigenvalue weighted by atomic mass is 16.7. The molecule has 2 N–H and O–H groups in total. The van der Waals surface area contributed by atoms with E-state index in [4.69, 9.17) is 5.11 Å². The van der Waals surface area contributed by atoms with Crippen LogP contribution < -0.4 is 4.74 Å². The molecule has 2 aromatic carbocycles. The molecule has 0 heterocycles. The zero-order valence-electron chi connectivity index (χ0n) is 11.2. The largest absolute Gasteiger partial charge is 0.511 e. The first-order chi connectivity index (χ1) is 9.63. The topological polar surface area (TPSA) is 66.8 Å². The third kappa shape index (κ3) is 2.91. The fraction of sp³-hybridized carbons (Fsp3) is 0.188. The maximum Gasteiger partial charge on any atom is 0.511 e. The van der Waals surface area contributed by atoms with Gasteiger partial charge >= 0.3 is 6.16 Å². The lowest BCUT2D eigenvalue weighted by Gasteiger charge is -2.14. The van der Waals surface area contributed by atoms with Crippen molar-refractivity contribution in [2.24, 2.45) is 0 Å². The van der Waals surface area contributed by atoms with Crippen molar-refractivity contribution in [2.45, 2.75) is 19.8 Å². The van der Waals surface area contributed by atoms with Crippen molar-refractivity contribution in [3.63, 3.8) is 0 Å². The molecule has 0 aromatic heterocycles. The Morgan fingerprint density at radius 1 is 1.15 bits per heavy atom. The lowest BCUT2D eigenvalue weighted by molar-refractivity contribution is 0.143. The van der Waals surface area contributed by atoms with Crippen LogP contribution in [0, 0.1) is 0 Å². The van der Waals surface area contributed by atoms with Crippen LogP contribution in [0.15, 0.2) is 42.5 Å². The van der Waals surface area contributed by atoms with Crippen LogP contribution in [-0.2, 0) is 6.42 Å². The van der Waals surface area contributed by atoms with Crippen molar-refractivity contribution in [1.29, 1.82) is 0 Å². The molecule has 0 saturated carbocycles. The third-order valence-electron chi connectivity index (χ3n) is 3.01. The maximum atomic E-state index is 10.6. The Morgan fingerprint density at radius 3 is 2.45 bits per heavy atom. The van der Waals surface area contributed by atoms with E-state index in [0.717, 1.165) is 24.0 Å². The molecule has 0 radical (unpaired) electrons. The van der Waals surface area contributed by atoms with Crippen molar-refractivity contribution in [3.8, 4) is 22.6 Å². The van der Waals surface area contributed by atoms with Crippen molar-refractivity contribution in [3.05, 3.63) is 48.0 Å². The van der Waals surface area contributed by atoms with Gasteiger partial charge in [0.05, 0.1) is 0 Å². The van der Waals surface area contributed by atoms with Crippen LogP contribution in [-0.4, -0.2) is 16.4 Å². The Balaban J connectivity index is 2.57. The summed E-state index contributed by atoms with van der Waals surface area (Å²) in [5.41, 5.74) is 2.43. The summed E-state index contributed by atoms with van der Waals surface area (Å²) >= 11 is 0. The number of rotatable bonds is 4. The normalized spacial score (nSPS) is 10.2. The Kier molecular flexibility index (Phi) is 4.25. The van der Waals surface area contributed by atoms with Gasteiger partial charge in [-0.3, -0.25) is 0 Å². The maximum absolute atomic E-state index is 10.6. The molecule has 4 heteroatoms. The Hall–Kier alpha value is -2.49. The minimum Gasteiger partial charge on any atom is -0.504 e. The fourth-order valence-electron chi connectivity index (χ4n) is 2.19. The summed E-state index contributed by atoms with van der Waals surface area (Å²) in [6, 6.07) is 12.7. The number of ether oxygens (including phenoxy) is 1. The van der Waals surface area contributed by atoms with E-state index in [0.29, 0.717) is 5.56 Å². The van der Waals surface area contributed by atoms with Crippen LogP contribution >= 0.6 is 0 Å². The van der Waals surface area contributed by atoms with Gasteiger partial charge in [-0.2, -0.15) is 0 Å². The van der Waals surface area contributed by atoms with Gasteiger partial charge in [-0.1, -0.05) is 49.7 Å². The molecular weight excluding hydrogens is 256 g/mol. The van der Waals surface area contributed by atoms with E-state index in [2.05, 4.69) is 4.74 Å². The third-order valence-corrected chi connectivity index (χ3v) is 3.01. The smallest absolute Gasteiger partial charge is 0.504 e. The van der Waals surface area contributed by atoms with Gasteiger partial charge in [0.15, 0.2) is 11.5 Å². The SMILES string of the molecule is CCCc1ccc(OC(=O)O)c(O)c1-c1ccccc1. The molecule has 20 heavy (non-hydrogen) atoms. The van der Waals surface area contributed by atoms with E-state index in [-0.39, 0.29) is 11.5 Å². The minimum atomic E-state index is -1.44. The van der Waals surface area contributed by atoms with Crippen LogP contribution in [0.1, 0.15) is 18.9 Å². The first kappa shape index (κ1) is 13.9. The van der Waals surface area contributed by atoms with Gasteiger partial charge in [-0.05, 0) is 23.6 Å². The fourth-order valence-corrected chi connectivity index (χ4v) is 2.19. The predicted molar refractivity (Wildman–Crippen MR) is 76.2 cm³/mol. The molecule has 0 saturated heterocycles. The zero-order chi connectivity index (χ0) is 14.5. The van der Waals surface area contributed by atoms with Gasteiger partial charge in [0.2, 0.25) is 0 Å². The molecule has 0 unspecified atom stereocenters. The molecule has 0 aliphatic heterocycles. The molecule has 0 bridgehead atoms. The van der Waals surface area contributed by atoms with E-state index in [1.807, 2.05) is 37.3 Å². The van der Waals surface area contributed by atoms with Crippen molar-refractivity contribution in [2.75, 3.05) is 0 Å². The van der Waals surface area contributed by atoms with Gasteiger partial charge in [-0.25, -0.2) is 4.79 Å². The number of benzene rings is 2. The summed E-state index contributed by atoms with van der Waals surface area (Å²) in [5, 5.41) is 19.0. The summed E-state index contributed by atoms with van der Waals surface area (Å²) in [6.45, 7) is 2.05. The molecule has 0 aliphatic carbocycles. The number of aromatic hydroxyl groups is 1. The summed E-state index contributed by atoms with van der Waals surface area (Å²) in [5.74, 6) is -0.180. The standard InChI is InChI=1S/C16H16O4/c1-2-6-11-9-10-13(20-16(18)19)15(17)14(11)12-7-4-3-5-8-12/h3-5,7-10,17H,2,6H2,1H3,(H,18,19). The van der Waals surface area contributed by atoms with E-state index < -0.39 is 6.16 Å². The second-order valence-electron chi connectivity index (χ2n) is 4.43. The highest BCUT2D eigenvalue weighted by molar-refractivity contribution is 5.78. The van der Waals surface area contributed by atoms with Crippen molar-refractivity contribution < 1.29 is 19.7 Å². The van der Waals surface area contributed by atoms with Gasteiger partial charge in [0, 0.05) is 5.56 Å². The van der Waals surface area contributed by atoms with E-state index in [1.165, 1.54) is 6.07 Å². The zero-order valence-corrected chi connectivity index (χ0v) is 11.2. The molecule has 0 fully saturated rings. The van der Waals surface area contributed by atoms with Crippen LogP contribution in [0.2, 0.25) is 0 Å². The number of phenolic OH excluding ortho intramolecular Hbond substituents is 1. The van der Waals surface area contributed by atoms with E-state index >= 15 is 0 Å². The summed E-state index contributed by atoms with van der Waals surface area (Å²) in [4.78, 5) is 10.6. The van der Waals surface area contributed by atoms with Gasteiger partial charge in [0.1, 0.15) is 0 Å². The van der Waals surface area contributed by atoms with Crippen LogP contribution in [0.25, 0.3) is 11.1 Å². The molecule has 104 valence electrons. The van der Waals surface area contributed by atoms with Crippen LogP contribution in [0.3, 0.4) is 0 Å². The number of phenols is 1. The number of carbonyl (C=O) groups is 1. The molecule has 0 spiro atoms. The number of hydrogen-bond acceptors (Lipinski definition) is 3. The van der Waals surface area contributed by atoms with Gasteiger partial charge in [0.25, 0.3) is 0 Å². The quantitative estimate of drug-likeness (QED) is 0.650. The van der Waals surface area contributed by atoms with Crippen molar-refractivity contribution in [1.82, 2.24) is 0 Å². The monoisotopic (exact) mass is 272 g/mol. The Bertz CT molecular complexity index is 605. The molecule has 4 nitrogen and oxygen atoms in total. The van der Waals surface area contributed by atoms with E-state index in [9.17, 15) is 9.90 Å². The highest BCUT2D eigenvalue weighted by Gasteiger charge is 2.16. The second-order valence-corrected chi connectivity index (χ2v) is 4.43. The predicted octanol–water partition coefficient (Wildman–Crippen LogP) is 4.07. The van der Waals surface area contributed by atoms with Crippen LogP contribution in [0.5, 0.6) is 11.5 Å². The van der Waals surface area contributed by atoms with Crippen LogP contribution in [0.4, 0.5) is 4.79 Å². The summed E-state index contributed by atoms with van der Waals surface area (Å²) < 4.78 is 4.61. The lowest BCUT2D eigenvalue weighted by Crippen LogP contribution is -2.04. The molecule has 2 aromatic rings. The Morgan fingerprint density at radius 2 is 1.85 bits per heavy atom.